The number of benzene rings is 1. The number of nitrogens with one attached hydrogen (secondary N) is 2. The molecule has 0 saturated heterocycles. The van der Waals surface area contributed by atoms with Gasteiger partial charge >= 0.3 is 0 Å². The monoisotopic (exact) mass is 297 g/mol. The smallest absolute Gasteiger partial charge is 0.273 e. The molecule has 0 aliphatic rings. The summed E-state index contributed by atoms with van der Waals surface area (Å²) in [6.45, 7) is 2.02. The Morgan fingerprint density at radius 1 is 1.29 bits per heavy atom. The molecule has 21 heavy (non-hydrogen) atoms. The van der Waals surface area contributed by atoms with Crippen molar-refractivity contribution in [2.24, 2.45) is 5.10 Å². The molecule has 0 unspecified atom stereocenters. The average Bonchev–Trinajstić information content (AvgIpc) is 3.17. The number of carbonyl (C=O) groups excluding carboxylic acids is 1. The Labute approximate surface area is 126 Å². The highest BCUT2D eigenvalue weighted by Gasteiger charge is 2.11. The van der Waals surface area contributed by atoms with Gasteiger partial charge in [-0.1, -0.05) is 31.2 Å². The summed E-state index contributed by atoms with van der Waals surface area (Å²) in [5, 5.41) is 7.17. The zero-order valence-corrected chi connectivity index (χ0v) is 12.4. The number of fused-ring (bicyclic) bond motifs is 1. The molecule has 0 spiro atoms. The molecule has 0 radical (unpaired) electrons. The number of para-hydroxylation sites is 1. The van der Waals surface area contributed by atoms with E-state index in [0.717, 1.165) is 27.9 Å². The Kier molecular flexibility index (Phi) is 3.83. The van der Waals surface area contributed by atoms with Crippen molar-refractivity contribution in [2.45, 2.75) is 13.3 Å². The van der Waals surface area contributed by atoms with E-state index in [1.54, 1.807) is 17.5 Å². The van der Waals surface area contributed by atoms with Crippen LogP contribution < -0.4 is 5.43 Å². The number of aromatic amines is 1. The molecule has 106 valence electrons. The molecule has 4 nitrogen and oxygen atoms in total. The van der Waals surface area contributed by atoms with Crippen molar-refractivity contribution >= 4 is 33.9 Å². The van der Waals surface area contributed by atoms with Crippen molar-refractivity contribution in [1.82, 2.24) is 10.4 Å². The van der Waals surface area contributed by atoms with E-state index in [0.29, 0.717) is 5.56 Å². The van der Waals surface area contributed by atoms with Gasteiger partial charge in [-0.05, 0) is 23.9 Å². The molecule has 3 aromatic rings. The Hall–Kier alpha value is -2.40. The predicted octanol–water partition coefficient (Wildman–Crippen LogP) is 3.77. The molecule has 0 aliphatic carbocycles. The molecular formula is C16H15N3OS. The molecule has 0 atom stereocenters. The van der Waals surface area contributed by atoms with Crippen LogP contribution in [0.15, 0.2) is 53.1 Å². The third kappa shape index (κ3) is 2.73. The third-order valence-corrected chi connectivity index (χ3v) is 4.19. The van der Waals surface area contributed by atoms with Crippen molar-refractivity contribution in [3.63, 3.8) is 0 Å². The van der Waals surface area contributed by atoms with Gasteiger partial charge in [0.1, 0.15) is 0 Å². The second-order valence-electron chi connectivity index (χ2n) is 4.58. The Bertz CT molecular complexity index is 787. The fourth-order valence-corrected chi connectivity index (χ4v) is 2.98. The van der Waals surface area contributed by atoms with Gasteiger partial charge in [0.15, 0.2) is 0 Å². The van der Waals surface area contributed by atoms with Gasteiger partial charge in [0.25, 0.3) is 5.91 Å². The number of hydrogen-bond donors (Lipinski definition) is 2. The highest BCUT2D eigenvalue weighted by atomic mass is 32.1. The SMILES string of the molecule is CC/C(=N/NC(=O)c1c[nH]c2ccccc12)c1cccs1. The molecule has 1 aromatic carbocycles. The Morgan fingerprint density at radius 2 is 2.14 bits per heavy atom. The largest absolute Gasteiger partial charge is 0.360 e. The average molecular weight is 297 g/mol. The van der Waals surface area contributed by atoms with Crippen LogP contribution in [0.25, 0.3) is 10.9 Å². The van der Waals surface area contributed by atoms with Crippen LogP contribution in [0.1, 0.15) is 28.6 Å². The van der Waals surface area contributed by atoms with E-state index in [-0.39, 0.29) is 5.91 Å². The summed E-state index contributed by atoms with van der Waals surface area (Å²) >= 11 is 1.62. The number of hydrogen-bond acceptors (Lipinski definition) is 3. The van der Waals surface area contributed by atoms with E-state index in [2.05, 4.69) is 15.5 Å². The molecule has 3 rings (SSSR count). The number of carbonyl (C=O) groups is 1. The van der Waals surface area contributed by atoms with Gasteiger partial charge in [0.2, 0.25) is 0 Å². The molecule has 0 bridgehead atoms. The number of nitrogens with zero attached hydrogens (tertiary/aromatic N) is 1. The lowest BCUT2D eigenvalue weighted by atomic mass is 10.2. The molecule has 1 amide bonds. The van der Waals surface area contributed by atoms with Gasteiger partial charge in [-0.25, -0.2) is 5.43 Å². The maximum atomic E-state index is 12.3. The second kappa shape index (κ2) is 5.93. The van der Waals surface area contributed by atoms with Crippen LogP contribution in [-0.4, -0.2) is 16.6 Å². The normalized spacial score (nSPS) is 11.8. The number of thiophene rings is 1. The lowest BCUT2D eigenvalue weighted by Crippen LogP contribution is -2.19. The summed E-state index contributed by atoms with van der Waals surface area (Å²) in [5.41, 5.74) is 5.09. The van der Waals surface area contributed by atoms with Crippen molar-refractivity contribution in [3.8, 4) is 0 Å². The number of amides is 1. The number of H-pyrrole nitrogens is 1. The highest BCUT2D eigenvalue weighted by molar-refractivity contribution is 7.12. The molecule has 2 aromatic heterocycles. The van der Waals surface area contributed by atoms with Crippen molar-refractivity contribution in [2.75, 3.05) is 0 Å². The quantitative estimate of drug-likeness (QED) is 0.559. The van der Waals surface area contributed by atoms with E-state index in [1.165, 1.54) is 0 Å². The molecule has 0 saturated carbocycles. The fraction of sp³-hybridized carbons (Fsp3) is 0.125. The summed E-state index contributed by atoms with van der Waals surface area (Å²) in [6.07, 6.45) is 2.49. The number of rotatable bonds is 4. The van der Waals surface area contributed by atoms with Crippen LogP contribution in [0.2, 0.25) is 0 Å². The minimum Gasteiger partial charge on any atom is -0.360 e. The molecule has 2 heterocycles. The minimum absolute atomic E-state index is 0.199. The van der Waals surface area contributed by atoms with Crippen LogP contribution in [0.3, 0.4) is 0 Å². The summed E-state index contributed by atoms with van der Waals surface area (Å²) in [6, 6.07) is 11.7. The van der Waals surface area contributed by atoms with Gasteiger partial charge in [0.05, 0.1) is 16.2 Å². The van der Waals surface area contributed by atoms with Gasteiger partial charge in [-0.15, -0.1) is 11.3 Å². The molecule has 5 heteroatoms. The van der Waals surface area contributed by atoms with Crippen LogP contribution >= 0.6 is 11.3 Å². The lowest BCUT2D eigenvalue weighted by molar-refractivity contribution is 0.0956. The van der Waals surface area contributed by atoms with Crippen LogP contribution in [0, 0.1) is 0 Å². The van der Waals surface area contributed by atoms with Gasteiger partial charge in [-0.3, -0.25) is 4.79 Å². The zero-order chi connectivity index (χ0) is 14.7. The summed E-state index contributed by atoms with van der Waals surface area (Å²) in [5.74, 6) is -0.199. The molecular weight excluding hydrogens is 282 g/mol. The van der Waals surface area contributed by atoms with Crippen molar-refractivity contribution < 1.29 is 4.79 Å². The first-order valence-electron chi connectivity index (χ1n) is 6.76. The number of aromatic nitrogens is 1. The van der Waals surface area contributed by atoms with E-state index in [9.17, 15) is 4.79 Å². The zero-order valence-electron chi connectivity index (χ0n) is 11.6. The first kappa shape index (κ1) is 13.6. The van der Waals surface area contributed by atoms with E-state index >= 15 is 0 Å². The van der Waals surface area contributed by atoms with E-state index < -0.39 is 0 Å². The van der Waals surface area contributed by atoms with Crippen molar-refractivity contribution in [1.29, 1.82) is 0 Å². The third-order valence-electron chi connectivity index (χ3n) is 3.27. The van der Waals surface area contributed by atoms with Gasteiger partial charge in [0, 0.05) is 17.1 Å². The van der Waals surface area contributed by atoms with E-state index in [1.807, 2.05) is 48.7 Å². The van der Waals surface area contributed by atoms with Crippen LogP contribution in [-0.2, 0) is 0 Å². The molecule has 0 aliphatic heterocycles. The number of hydrazone groups is 1. The fourth-order valence-electron chi connectivity index (χ4n) is 2.19. The van der Waals surface area contributed by atoms with Crippen LogP contribution in [0.5, 0.6) is 0 Å². The topological polar surface area (TPSA) is 57.2 Å². The first-order valence-corrected chi connectivity index (χ1v) is 7.64. The van der Waals surface area contributed by atoms with Gasteiger partial charge in [-0.2, -0.15) is 5.10 Å². The molecule has 0 fully saturated rings. The second-order valence-corrected chi connectivity index (χ2v) is 5.53. The predicted molar refractivity (Wildman–Crippen MR) is 86.9 cm³/mol. The minimum atomic E-state index is -0.199. The summed E-state index contributed by atoms with van der Waals surface area (Å²) in [4.78, 5) is 16.4. The Balaban J connectivity index is 1.83. The first-order chi connectivity index (χ1) is 10.3. The van der Waals surface area contributed by atoms with E-state index in [4.69, 9.17) is 0 Å². The summed E-state index contributed by atoms with van der Waals surface area (Å²) in [7, 11) is 0. The van der Waals surface area contributed by atoms with Gasteiger partial charge < -0.3 is 4.98 Å². The molecule has 2 N–H and O–H groups in total. The Morgan fingerprint density at radius 3 is 2.90 bits per heavy atom. The summed E-state index contributed by atoms with van der Waals surface area (Å²) < 4.78 is 0. The standard InChI is InChI=1S/C16H15N3OS/c1-2-13(15-8-5-9-21-15)18-19-16(20)12-10-17-14-7-4-3-6-11(12)14/h3-10,17H,2H2,1H3,(H,19,20)/b18-13-. The van der Waals surface area contributed by atoms with Crippen LogP contribution in [0.4, 0.5) is 0 Å². The highest BCUT2D eigenvalue weighted by Crippen LogP contribution is 2.17. The lowest BCUT2D eigenvalue weighted by Gasteiger charge is -2.02. The van der Waals surface area contributed by atoms with Crippen molar-refractivity contribution in [3.05, 3.63) is 58.4 Å². The maximum Gasteiger partial charge on any atom is 0.273 e. The maximum absolute atomic E-state index is 12.3.